The zero-order chi connectivity index (χ0) is 16.0. The molecule has 0 aliphatic heterocycles. The number of carboxylic acids is 1. The molecule has 9 heteroatoms. The van der Waals surface area contributed by atoms with Gasteiger partial charge in [0, 0.05) is 25.3 Å². The number of rotatable bonds is 8. The summed E-state index contributed by atoms with van der Waals surface area (Å²) >= 11 is 5.64. The molecule has 0 unspecified atom stereocenters. The summed E-state index contributed by atoms with van der Waals surface area (Å²) in [5, 5.41) is 8.65. The van der Waals surface area contributed by atoms with Crippen molar-refractivity contribution in [1.82, 2.24) is 4.72 Å². The predicted molar refractivity (Wildman–Crippen MR) is 74.7 cm³/mol. The van der Waals surface area contributed by atoms with Crippen molar-refractivity contribution in [3.63, 3.8) is 0 Å². The lowest BCUT2D eigenvalue weighted by molar-refractivity contribution is 0.0691. The summed E-state index contributed by atoms with van der Waals surface area (Å²) in [6.07, 6.45) is 1.14. The molecule has 0 saturated heterocycles. The summed E-state index contributed by atoms with van der Waals surface area (Å²) in [4.78, 5) is 10.1. The van der Waals surface area contributed by atoms with Crippen LogP contribution in [0.25, 0.3) is 0 Å². The number of carbonyl (C=O) groups is 1. The molecule has 0 bridgehead atoms. The van der Waals surface area contributed by atoms with Crippen molar-refractivity contribution >= 4 is 27.6 Å². The first kappa shape index (κ1) is 17.8. The highest BCUT2D eigenvalue weighted by atomic mass is 35.5. The van der Waals surface area contributed by atoms with Gasteiger partial charge in [-0.15, -0.1) is 0 Å². The SMILES string of the molecule is COCCCCNS(=O)(=O)c1cc(Cl)cc(C(=O)O)c1F. The van der Waals surface area contributed by atoms with Crippen LogP contribution in [-0.2, 0) is 14.8 Å². The summed E-state index contributed by atoms with van der Waals surface area (Å²) < 4.78 is 44.9. The van der Waals surface area contributed by atoms with Crippen LogP contribution in [0.4, 0.5) is 4.39 Å². The van der Waals surface area contributed by atoms with E-state index in [1.807, 2.05) is 0 Å². The third-order valence-electron chi connectivity index (χ3n) is 2.59. The van der Waals surface area contributed by atoms with Gasteiger partial charge in [-0.3, -0.25) is 0 Å². The second-order valence-electron chi connectivity index (χ2n) is 4.17. The lowest BCUT2D eigenvalue weighted by atomic mass is 10.2. The van der Waals surface area contributed by atoms with Gasteiger partial charge in [0.25, 0.3) is 0 Å². The van der Waals surface area contributed by atoms with Crippen molar-refractivity contribution in [2.24, 2.45) is 0 Å². The monoisotopic (exact) mass is 339 g/mol. The minimum Gasteiger partial charge on any atom is -0.478 e. The van der Waals surface area contributed by atoms with Crippen LogP contribution in [0.15, 0.2) is 17.0 Å². The minimum absolute atomic E-state index is 0.0834. The summed E-state index contributed by atoms with van der Waals surface area (Å²) in [6, 6.07) is 1.73. The Kier molecular flexibility index (Phi) is 6.53. The van der Waals surface area contributed by atoms with Crippen molar-refractivity contribution in [3.05, 3.63) is 28.5 Å². The summed E-state index contributed by atoms with van der Waals surface area (Å²) in [5.74, 6) is -2.93. The number of unbranched alkanes of at least 4 members (excludes halogenated alkanes) is 1. The second-order valence-corrected chi connectivity index (χ2v) is 6.34. The molecular formula is C12H15ClFNO5S. The molecular weight excluding hydrogens is 325 g/mol. The van der Waals surface area contributed by atoms with E-state index >= 15 is 0 Å². The molecule has 0 amide bonds. The second kappa shape index (κ2) is 7.69. The van der Waals surface area contributed by atoms with Crippen LogP contribution in [-0.4, -0.2) is 39.8 Å². The first-order valence-electron chi connectivity index (χ1n) is 6.00. The lowest BCUT2D eigenvalue weighted by Gasteiger charge is -2.09. The van der Waals surface area contributed by atoms with E-state index in [-0.39, 0.29) is 11.6 Å². The third-order valence-corrected chi connectivity index (χ3v) is 4.27. The van der Waals surface area contributed by atoms with E-state index < -0.39 is 32.3 Å². The van der Waals surface area contributed by atoms with Gasteiger partial charge in [-0.05, 0) is 25.0 Å². The molecule has 1 aromatic carbocycles. The maximum atomic E-state index is 14.0. The van der Waals surface area contributed by atoms with Crippen molar-refractivity contribution in [2.45, 2.75) is 17.7 Å². The summed E-state index contributed by atoms with van der Waals surface area (Å²) in [5.41, 5.74) is -0.790. The van der Waals surface area contributed by atoms with Crippen LogP contribution in [0.1, 0.15) is 23.2 Å². The normalized spacial score (nSPS) is 11.6. The van der Waals surface area contributed by atoms with Crippen molar-refractivity contribution in [1.29, 1.82) is 0 Å². The highest BCUT2D eigenvalue weighted by Gasteiger charge is 2.24. The number of methoxy groups -OCH3 is 1. The fourth-order valence-corrected chi connectivity index (χ4v) is 3.05. The van der Waals surface area contributed by atoms with Gasteiger partial charge in [0.15, 0.2) is 5.82 Å². The standard InChI is InChI=1S/C12H15ClFNO5S/c1-20-5-3-2-4-15-21(18,19)10-7-8(13)6-9(11(10)14)12(16)17/h6-7,15H,2-5H2,1H3,(H,16,17). The number of hydrogen-bond acceptors (Lipinski definition) is 4. The molecule has 1 rings (SSSR count). The highest BCUT2D eigenvalue weighted by molar-refractivity contribution is 7.89. The van der Waals surface area contributed by atoms with E-state index in [2.05, 4.69) is 4.72 Å². The molecule has 2 N–H and O–H groups in total. The molecule has 0 atom stereocenters. The molecule has 0 aliphatic carbocycles. The smallest absolute Gasteiger partial charge is 0.338 e. The number of ether oxygens (including phenoxy) is 1. The van der Waals surface area contributed by atoms with Crippen molar-refractivity contribution in [3.8, 4) is 0 Å². The molecule has 0 heterocycles. The van der Waals surface area contributed by atoms with E-state index in [4.69, 9.17) is 21.4 Å². The Morgan fingerprint density at radius 2 is 2.10 bits per heavy atom. The van der Waals surface area contributed by atoms with Gasteiger partial charge in [0.1, 0.15) is 4.90 Å². The number of carboxylic acid groups (broad SMARTS) is 1. The van der Waals surface area contributed by atoms with Gasteiger partial charge in [-0.2, -0.15) is 0 Å². The number of benzene rings is 1. The fraction of sp³-hybridized carbons (Fsp3) is 0.417. The van der Waals surface area contributed by atoms with E-state index in [0.717, 1.165) is 12.1 Å². The van der Waals surface area contributed by atoms with Crippen LogP contribution in [0.3, 0.4) is 0 Å². The van der Waals surface area contributed by atoms with E-state index in [1.54, 1.807) is 0 Å². The molecule has 0 aromatic heterocycles. The van der Waals surface area contributed by atoms with E-state index in [9.17, 15) is 17.6 Å². The molecule has 0 saturated carbocycles. The van der Waals surface area contributed by atoms with Crippen LogP contribution in [0, 0.1) is 5.82 Å². The number of aromatic carboxylic acids is 1. The first-order valence-corrected chi connectivity index (χ1v) is 7.86. The van der Waals surface area contributed by atoms with E-state index in [1.165, 1.54) is 7.11 Å². The van der Waals surface area contributed by atoms with Crippen LogP contribution >= 0.6 is 11.6 Å². The van der Waals surface area contributed by atoms with Crippen LogP contribution < -0.4 is 4.72 Å². The Morgan fingerprint density at radius 1 is 1.43 bits per heavy atom. The molecule has 21 heavy (non-hydrogen) atoms. The number of hydrogen-bond donors (Lipinski definition) is 2. The molecule has 0 radical (unpaired) electrons. The Bertz CT molecular complexity index is 620. The molecule has 0 spiro atoms. The average molecular weight is 340 g/mol. The lowest BCUT2D eigenvalue weighted by Crippen LogP contribution is -2.26. The van der Waals surface area contributed by atoms with Gasteiger partial charge in [0.05, 0.1) is 5.56 Å². The summed E-state index contributed by atoms with van der Waals surface area (Å²) in [7, 11) is -2.64. The van der Waals surface area contributed by atoms with Gasteiger partial charge < -0.3 is 9.84 Å². The fourth-order valence-electron chi connectivity index (χ4n) is 1.57. The largest absolute Gasteiger partial charge is 0.478 e. The van der Waals surface area contributed by atoms with Gasteiger partial charge >= 0.3 is 5.97 Å². The van der Waals surface area contributed by atoms with Gasteiger partial charge in [-0.1, -0.05) is 11.6 Å². The number of halogens is 2. The van der Waals surface area contributed by atoms with Gasteiger partial charge in [0.2, 0.25) is 10.0 Å². The number of sulfonamides is 1. The maximum absolute atomic E-state index is 14.0. The van der Waals surface area contributed by atoms with Crippen molar-refractivity contribution in [2.75, 3.05) is 20.3 Å². The average Bonchev–Trinajstić information content (AvgIpc) is 2.40. The van der Waals surface area contributed by atoms with Crippen molar-refractivity contribution < 1.29 is 27.4 Å². The Labute approximate surface area is 126 Å². The van der Waals surface area contributed by atoms with Gasteiger partial charge in [-0.25, -0.2) is 22.3 Å². The molecule has 6 nitrogen and oxygen atoms in total. The topological polar surface area (TPSA) is 92.7 Å². The minimum atomic E-state index is -4.17. The molecule has 0 aliphatic rings. The van der Waals surface area contributed by atoms with Crippen LogP contribution in [0.5, 0.6) is 0 Å². The first-order chi connectivity index (χ1) is 9.79. The Hall–Kier alpha value is -1.22. The zero-order valence-electron chi connectivity index (χ0n) is 11.2. The summed E-state index contributed by atoms with van der Waals surface area (Å²) in [6.45, 7) is 0.566. The third kappa shape index (κ3) is 4.92. The van der Waals surface area contributed by atoms with E-state index in [0.29, 0.717) is 19.4 Å². The zero-order valence-corrected chi connectivity index (χ0v) is 12.8. The quantitative estimate of drug-likeness (QED) is 0.705. The maximum Gasteiger partial charge on any atom is 0.338 e. The molecule has 1 aromatic rings. The Balaban J connectivity index is 2.95. The Morgan fingerprint density at radius 3 is 2.67 bits per heavy atom. The predicted octanol–water partition coefficient (Wildman–Crippen LogP) is 1.88. The van der Waals surface area contributed by atoms with Crippen LogP contribution in [0.2, 0.25) is 5.02 Å². The number of nitrogens with one attached hydrogen (secondary N) is 1. The molecule has 0 fully saturated rings. The molecule has 118 valence electrons. The highest BCUT2D eigenvalue weighted by Crippen LogP contribution is 2.23.